The lowest BCUT2D eigenvalue weighted by Crippen LogP contribution is -2.04. The van der Waals surface area contributed by atoms with Crippen molar-refractivity contribution in [2.24, 2.45) is 0 Å². The summed E-state index contributed by atoms with van der Waals surface area (Å²) in [4.78, 5) is 0. The molecule has 1 rings (SSSR count). The lowest BCUT2D eigenvalue weighted by Gasteiger charge is -2.05. The molecule has 0 heterocycles. The average molecular weight is 188 g/mol. The molecule has 3 N–H and O–H groups in total. The van der Waals surface area contributed by atoms with E-state index in [1.54, 1.807) is 0 Å². The van der Waals surface area contributed by atoms with Crippen LogP contribution in [0.25, 0.3) is 0 Å². The number of hydrogen-bond acceptors (Lipinski definition) is 2. The predicted octanol–water partition coefficient (Wildman–Crippen LogP) is 1.46. The van der Waals surface area contributed by atoms with Crippen LogP contribution < -0.4 is 11.1 Å². The quantitative estimate of drug-likeness (QED) is 0.517. The second-order valence-electron chi connectivity index (χ2n) is 3.28. The standard InChI is InChI=1S/C12H16N2/c1-9-10(2)12(13)7-6-11(9)5-4-8-14-3/h6-7,14H,8,13H2,1-3H3. The number of nitrogen functional groups attached to an aromatic ring is 1. The average Bonchev–Trinajstić information content (AvgIpc) is 2.18. The fourth-order valence-electron chi connectivity index (χ4n) is 1.20. The molecule has 0 spiro atoms. The van der Waals surface area contributed by atoms with E-state index >= 15 is 0 Å². The van der Waals surface area contributed by atoms with E-state index in [9.17, 15) is 0 Å². The van der Waals surface area contributed by atoms with Gasteiger partial charge in [0.25, 0.3) is 0 Å². The zero-order valence-corrected chi connectivity index (χ0v) is 8.94. The summed E-state index contributed by atoms with van der Waals surface area (Å²) in [5, 5.41) is 2.99. The van der Waals surface area contributed by atoms with Crippen molar-refractivity contribution in [1.82, 2.24) is 5.32 Å². The van der Waals surface area contributed by atoms with Crippen LogP contribution in [0.2, 0.25) is 0 Å². The highest BCUT2D eigenvalue weighted by molar-refractivity contribution is 5.56. The second kappa shape index (κ2) is 4.69. The zero-order chi connectivity index (χ0) is 10.6. The SMILES string of the molecule is CNCC#Cc1ccc(N)c(C)c1C. The van der Waals surface area contributed by atoms with Gasteiger partial charge >= 0.3 is 0 Å². The Balaban J connectivity index is 3.02. The fourth-order valence-corrected chi connectivity index (χ4v) is 1.20. The molecule has 1 aromatic rings. The summed E-state index contributed by atoms with van der Waals surface area (Å²) in [5.41, 5.74) is 9.98. The maximum Gasteiger partial charge on any atom is 0.0577 e. The van der Waals surface area contributed by atoms with Gasteiger partial charge in [-0.05, 0) is 44.2 Å². The van der Waals surface area contributed by atoms with Crippen LogP contribution in [0, 0.1) is 25.7 Å². The third-order valence-electron chi connectivity index (χ3n) is 2.32. The Morgan fingerprint density at radius 1 is 1.29 bits per heavy atom. The molecule has 14 heavy (non-hydrogen) atoms. The monoisotopic (exact) mass is 188 g/mol. The third-order valence-corrected chi connectivity index (χ3v) is 2.32. The molecule has 0 bridgehead atoms. The molecule has 0 fully saturated rings. The number of rotatable bonds is 1. The number of hydrogen-bond donors (Lipinski definition) is 2. The van der Waals surface area contributed by atoms with E-state index in [4.69, 9.17) is 5.73 Å². The molecule has 2 heteroatoms. The van der Waals surface area contributed by atoms with Crippen LogP contribution in [-0.2, 0) is 0 Å². The largest absolute Gasteiger partial charge is 0.399 e. The van der Waals surface area contributed by atoms with E-state index in [1.807, 2.05) is 26.1 Å². The smallest absolute Gasteiger partial charge is 0.0577 e. The molecule has 0 amide bonds. The first-order valence-electron chi connectivity index (χ1n) is 4.66. The molecular formula is C12H16N2. The summed E-state index contributed by atoms with van der Waals surface area (Å²) < 4.78 is 0. The number of nitrogens with two attached hydrogens (primary N) is 1. The molecule has 0 unspecified atom stereocenters. The van der Waals surface area contributed by atoms with Crippen LogP contribution in [0.4, 0.5) is 5.69 Å². The van der Waals surface area contributed by atoms with Crippen LogP contribution in [-0.4, -0.2) is 13.6 Å². The van der Waals surface area contributed by atoms with Crippen LogP contribution in [0.3, 0.4) is 0 Å². The molecule has 0 saturated heterocycles. The van der Waals surface area contributed by atoms with Crippen LogP contribution in [0.15, 0.2) is 12.1 Å². The Morgan fingerprint density at radius 2 is 2.00 bits per heavy atom. The first-order valence-corrected chi connectivity index (χ1v) is 4.66. The van der Waals surface area contributed by atoms with E-state index in [0.717, 1.165) is 16.8 Å². The van der Waals surface area contributed by atoms with Gasteiger partial charge < -0.3 is 11.1 Å². The predicted molar refractivity (Wildman–Crippen MR) is 61.1 cm³/mol. The van der Waals surface area contributed by atoms with Gasteiger partial charge in [-0.15, -0.1) is 0 Å². The molecule has 1 aromatic carbocycles. The van der Waals surface area contributed by atoms with E-state index in [0.29, 0.717) is 6.54 Å². The van der Waals surface area contributed by atoms with Gasteiger partial charge in [-0.2, -0.15) is 0 Å². The van der Waals surface area contributed by atoms with Crippen LogP contribution in [0.1, 0.15) is 16.7 Å². The third kappa shape index (κ3) is 2.27. The van der Waals surface area contributed by atoms with E-state index in [1.165, 1.54) is 5.56 Å². The molecular weight excluding hydrogens is 172 g/mol. The Hall–Kier alpha value is -1.46. The number of benzene rings is 1. The maximum atomic E-state index is 5.78. The number of anilines is 1. The Kier molecular flexibility index (Phi) is 3.55. The highest BCUT2D eigenvalue weighted by Gasteiger charge is 2.00. The van der Waals surface area contributed by atoms with Gasteiger partial charge in [0.1, 0.15) is 0 Å². The minimum absolute atomic E-state index is 0.711. The molecule has 0 atom stereocenters. The molecule has 74 valence electrons. The Labute approximate surface area is 85.5 Å². The molecule has 2 nitrogen and oxygen atoms in total. The van der Waals surface area contributed by atoms with Crippen molar-refractivity contribution in [3.05, 3.63) is 28.8 Å². The molecule has 0 aliphatic rings. The highest BCUT2D eigenvalue weighted by atomic mass is 14.8. The summed E-state index contributed by atoms with van der Waals surface area (Å²) in [6.45, 7) is 4.78. The van der Waals surface area contributed by atoms with Crippen molar-refractivity contribution in [3.8, 4) is 11.8 Å². The first-order chi connectivity index (χ1) is 6.66. The van der Waals surface area contributed by atoms with Crippen molar-refractivity contribution < 1.29 is 0 Å². The minimum Gasteiger partial charge on any atom is -0.399 e. The van der Waals surface area contributed by atoms with Crippen LogP contribution in [0.5, 0.6) is 0 Å². The lowest BCUT2D eigenvalue weighted by atomic mass is 10.0. The summed E-state index contributed by atoms with van der Waals surface area (Å²) >= 11 is 0. The second-order valence-corrected chi connectivity index (χ2v) is 3.28. The maximum absolute atomic E-state index is 5.78. The van der Waals surface area contributed by atoms with E-state index < -0.39 is 0 Å². The van der Waals surface area contributed by atoms with Crippen molar-refractivity contribution in [1.29, 1.82) is 0 Å². The van der Waals surface area contributed by atoms with Gasteiger partial charge in [-0.3, -0.25) is 0 Å². The molecule has 0 aliphatic carbocycles. The molecule has 0 aliphatic heterocycles. The number of nitrogens with one attached hydrogen (secondary N) is 1. The van der Waals surface area contributed by atoms with Crippen LogP contribution >= 0.6 is 0 Å². The minimum atomic E-state index is 0.711. The molecule has 0 radical (unpaired) electrons. The van der Waals surface area contributed by atoms with Gasteiger partial charge in [-0.25, -0.2) is 0 Å². The van der Waals surface area contributed by atoms with Crippen molar-refractivity contribution >= 4 is 5.69 Å². The summed E-state index contributed by atoms with van der Waals surface area (Å²) in [6.07, 6.45) is 0. The van der Waals surface area contributed by atoms with Crippen molar-refractivity contribution in [2.75, 3.05) is 19.3 Å². The summed E-state index contributed by atoms with van der Waals surface area (Å²) in [5.74, 6) is 6.15. The van der Waals surface area contributed by atoms with Gasteiger partial charge in [-0.1, -0.05) is 11.8 Å². The van der Waals surface area contributed by atoms with Gasteiger partial charge in [0.2, 0.25) is 0 Å². The van der Waals surface area contributed by atoms with E-state index in [2.05, 4.69) is 24.1 Å². The van der Waals surface area contributed by atoms with Crippen molar-refractivity contribution in [3.63, 3.8) is 0 Å². The lowest BCUT2D eigenvalue weighted by molar-refractivity contribution is 0.938. The highest BCUT2D eigenvalue weighted by Crippen LogP contribution is 2.18. The summed E-state index contributed by atoms with van der Waals surface area (Å²) in [7, 11) is 1.88. The van der Waals surface area contributed by atoms with Crippen molar-refractivity contribution in [2.45, 2.75) is 13.8 Å². The van der Waals surface area contributed by atoms with Gasteiger partial charge in [0.15, 0.2) is 0 Å². The zero-order valence-electron chi connectivity index (χ0n) is 8.94. The van der Waals surface area contributed by atoms with Gasteiger partial charge in [0.05, 0.1) is 6.54 Å². The van der Waals surface area contributed by atoms with Gasteiger partial charge in [0, 0.05) is 11.3 Å². The Bertz CT molecular complexity index is 383. The first kappa shape index (κ1) is 10.6. The topological polar surface area (TPSA) is 38.0 Å². The molecule has 0 saturated carbocycles. The summed E-state index contributed by atoms with van der Waals surface area (Å²) in [6, 6.07) is 3.88. The Morgan fingerprint density at radius 3 is 2.64 bits per heavy atom. The molecule has 0 aromatic heterocycles. The normalized spacial score (nSPS) is 9.36. The fraction of sp³-hybridized carbons (Fsp3) is 0.333. The van der Waals surface area contributed by atoms with E-state index in [-0.39, 0.29) is 0 Å².